The average molecular weight is 491 g/mol. The van der Waals surface area contributed by atoms with E-state index in [1.807, 2.05) is 0 Å². The number of rotatable bonds is 8. The van der Waals surface area contributed by atoms with Gasteiger partial charge < -0.3 is 41.1 Å². The van der Waals surface area contributed by atoms with Gasteiger partial charge >= 0.3 is 0 Å². The van der Waals surface area contributed by atoms with Gasteiger partial charge in [-0.05, 0) is 18.2 Å². The van der Waals surface area contributed by atoms with Crippen molar-refractivity contribution in [3.63, 3.8) is 0 Å². The molecule has 0 aliphatic carbocycles. The highest BCUT2D eigenvalue weighted by Crippen LogP contribution is 2.19. The van der Waals surface area contributed by atoms with Crippen molar-refractivity contribution in [3.05, 3.63) is 53.9 Å². The zero-order valence-corrected chi connectivity index (χ0v) is 19.7. The summed E-state index contributed by atoms with van der Waals surface area (Å²) in [7, 11) is 5.04. The number of nitrogens with zero attached hydrogens (tertiary/aromatic N) is 3. The molecule has 0 saturated heterocycles. The fourth-order valence-electron chi connectivity index (χ4n) is 3.31. The van der Waals surface area contributed by atoms with Crippen LogP contribution in [0, 0.1) is 0 Å². The van der Waals surface area contributed by atoms with Gasteiger partial charge in [0, 0.05) is 52.7 Å². The molecule has 13 heteroatoms. The Bertz CT molecular complexity index is 1240. The molecule has 34 heavy (non-hydrogen) atoms. The van der Waals surface area contributed by atoms with E-state index in [2.05, 4.69) is 16.0 Å². The number of amides is 4. The molecule has 0 aromatic carbocycles. The van der Waals surface area contributed by atoms with E-state index < -0.39 is 17.7 Å². The maximum atomic E-state index is 12.8. The summed E-state index contributed by atoms with van der Waals surface area (Å²) in [5, 5.41) is 8.07. The Balaban J connectivity index is 0.00000408. The zero-order chi connectivity index (χ0) is 24.3. The topological polar surface area (TPSA) is 171 Å². The van der Waals surface area contributed by atoms with E-state index in [4.69, 9.17) is 11.5 Å². The standard InChI is InChI=1S/C21H26N8O4.ClH/c1-27-9-12(22)6-15(27)20(32)25-14-8-17(29(3)11-14)21(33)26-13-7-16(28(2)10-13)19(31)24-5-4-18(23)30;/h6-11H,4-5,22H2,1-3H3,(H2,23,30)(H,24,31)(H,25,32)(H,26,33);1H. The first-order valence-electron chi connectivity index (χ1n) is 9.99. The van der Waals surface area contributed by atoms with Crippen molar-refractivity contribution in [2.24, 2.45) is 26.9 Å². The maximum Gasteiger partial charge on any atom is 0.272 e. The van der Waals surface area contributed by atoms with E-state index in [0.29, 0.717) is 34.1 Å². The van der Waals surface area contributed by atoms with Gasteiger partial charge in [-0.1, -0.05) is 0 Å². The highest BCUT2D eigenvalue weighted by Gasteiger charge is 2.18. The third kappa shape index (κ3) is 5.98. The summed E-state index contributed by atoms with van der Waals surface area (Å²) in [4.78, 5) is 48.3. The highest BCUT2D eigenvalue weighted by molar-refractivity contribution is 6.07. The number of nitrogen functional groups attached to an aromatic ring is 1. The molecule has 0 aliphatic heterocycles. The van der Waals surface area contributed by atoms with Crippen LogP contribution in [0.15, 0.2) is 36.8 Å². The van der Waals surface area contributed by atoms with E-state index in [1.165, 1.54) is 6.07 Å². The van der Waals surface area contributed by atoms with Crippen LogP contribution in [-0.2, 0) is 25.9 Å². The van der Waals surface area contributed by atoms with Crippen LogP contribution in [0.3, 0.4) is 0 Å². The van der Waals surface area contributed by atoms with Crippen LogP contribution in [0.4, 0.5) is 17.1 Å². The molecule has 182 valence electrons. The van der Waals surface area contributed by atoms with Crippen LogP contribution in [-0.4, -0.2) is 43.9 Å². The number of nitrogens with one attached hydrogen (secondary N) is 3. The van der Waals surface area contributed by atoms with Crippen LogP contribution in [0.5, 0.6) is 0 Å². The normalized spacial score (nSPS) is 10.3. The molecular formula is C21H27ClN8O4. The van der Waals surface area contributed by atoms with E-state index >= 15 is 0 Å². The fraction of sp³-hybridized carbons (Fsp3) is 0.238. The minimum Gasteiger partial charge on any atom is -0.397 e. The van der Waals surface area contributed by atoms with Crippen molar-refractivity contribution in [1.82, 2.24) is 19.0 Å². The summed E-state index contributed by atoms with van der Waals surface area (Å²) in [6.07, 6.45) is 4.86. The van der Waals surface area contributed by atoms with Crippen LogP contribution in [0.1, 0.15) is 37.9 Å². The predicted octanol–water partition coefficient (Wildman–Crippen LogP) is 0.816. The summed E-state index contributed by atoms with van der Waals surface area (Å²) in [5.74, 6) is -1.69. The Labute approximate surface area is 201 Å². The molecule has 3 heterocycles. The van der Waals surface area contributed by atoms with Crippen LogP contribution in [0.2, 0.25) is 0 Å². The molecule has 0 spiro atoms. The van der Waals surface area contributed by atoms with Gasteiger partial charge in [0.05, 0.1) is 17.1 Å². The van der Waals surface area contributed by atoms with Gasteiger partial charge in [0.1, 0.15) is 17.1 Å². The highest BCUT2D eigenvalue weighted by atomic mass is 35.5. The average Bonchev–Trinajstić information content (AvgIpc) is 3.37. The first-order valence-corrected chi connectivity index (χ1v) is 9.99. The van der Waals surface area contributed by atoms with Crippen molar-refractivity contribution in [2.75, 3.05) is 22.9 Å². The maximum absolute atomic E-state index is 12.8. The summed E-state index contributed by atoms with van der Waals surface area (Å²) < 4.78 is 4.74. The minimum absolute atomic E-state index is 0. The molecule has 0 saturated carbocycles. The number of anilines is 3. The number of halogens is 1. The van der Waals surface area contributed by atoms with E-state index in [-0.39, 0.29) is 31.3 Å². The number of aromatic nitrogens is 3. The molecular weight excluding hydrogens is 464 g/mol. The zero-order valence-electron chi connectivity index (χ0n) is 18.9. The summed E-state index contributed by atoms with van der Waals surface area (Å²) in [5.41, 5.74) is 13.1. The largest absolute Gasteiger partial charge is 0.397 e. The fourth-order valence-corrected chi connectivity index (χ4v) is 3.31. The second-order valence-electron chi connectivity index (χ2n) is 7.60. The van der Waals surface area contributed by atoms with Gasteiger partial charge in [0.2, 0.25) is 5.91 Å². The SMILES string of the molecule is Cl.Cn1cc(NC(=O)c2cc(NC(=O)c3cc(N)cn3C)cn2C)cc1C(=O)NCCC(N)=O. The number of hydrogen-bond acceptors (Lipinski definition) is 5. The smallest absolute Gasteiger partial charge is 0.272 e. The Hall–Kier alpha value is -4.19. The molecule has 3 aromatic heterocycles. The molecule has 12 nitrogen and oxygen atoms in total. The number of carbonyl (C=O) groups is 4. The molecule has 7 N–H and O–H groups in total. The molecule has 0 atom stereocenters. The van der Waals surface area contributed by atoms with Gasteiger partial charge in [-0.3, -0.25) is 19.2 Å². The Morgan fingerprint density at radius 1 is 0.765 bits per heavy atom. The molecule has 4 amide bonds. The van der Waals surface area contributed by atoms with Gasteiger partial charge in [-0.15, -0.1) is 12.4 Å². The minimum atomic E-state index is -0.513. The quantitative estimate of drug-likeness (QED) is 0.314. The Kier molecular flexibility index (Phi) is 8.14. The number of carbonyl (C=O) groups excluding carboxylic acids is 4. The lowest BCUT2D eigenvalue weighted by molar-refractivity contribution is -0.117. The molecule has 3 rings (SSSR count). The molecule has 0 bridgehead atoms. The molecule has 0 fully saturated rings. The van der Waals surface area contributed by atoms with Gasteiger partial charge in [0.15, 0.2) is 0 Å². The second-order valence-corrected chi connectivity index (χ2v) is 7.60. The number of hydrogen-bond donors (Lipinski definition) is 5. The Morgan fingerprint density at radius 3 is 1.65 bits per heavy atom. The number of primary amides is 1. The second kappa shape index (κ2) is 10.6. The lowest BCUT2D eigenvalue weighted by Gasteiger charge is -2.04. The molecule has 0 aliphatic rings. The number of nitrogens with two attached hydrogens (primary N) is 2. The first kappa shape index (κ1) is 26.1. The lowest BCUT2D eigenvalue weighted by Crippen LogP contribution is -2.29. The van der Waals surface area contributed by atoms with Gasteiger partial charge in [-0.25, -0.2) is 0 Å². The van der Waals surface area contributed by atoms with Gasteiger partial charge in [0.25, 0.3) is 17.7 Å². The van der Waals surface area contributed by atoms with Crippen LogP contribution >= 0.6 is 12.4 Å². The molecule has 3 aromatic rings. The first-order chi connectivity index (χ1) is 15.5. The van der Waals surface area contributed by atoms with E-state index in [0.717, 1.165) is 0 Å². The van der Waals surface area contributed by atoms with Crippen molar-refractivity contribution in [3.8, 4) is 0 Å². The van der Waals surface area contributed by atoms with Crippen LogP contribution < -0.4 is 27.4 Å². The monoisotopic (exact) mass is 490 g/mol. The Morgan fingerprint density at radius 2 is 1.21 bits per heavy atom. The van der Waals surface area contributed by atoms with E-state index in [1.54, 1.807) is 65.6 Å². The third-order valence-electron chi connectivity index (χ3n) is 4.91. The van der Waals surface area contributed by atoms with Crippen molar-refractivity contribution < 1.29 is 19.2 Å². The summed E-state index contributed by atoms with van der Waals surface area (Å²) in [6, 6.07) is 4.62. The summed E-state index contributed by atoms with van der Waals surface area (Å²) >= 11 is 0. The predicted molar refractivity (Wildman–Crippen MR) is 130 cm³/mol. The third-order valence-corrected chi connectivity index (χ3v) is 4.91. The van der Waals surface area contributed by atoms with E-state index in [9.17, 15) is 19.2 Å². The molecule has 0 unspecified atom stereocenters. The van der Waals surface area contributed by atoms with Crippen molar-refractivity contribution >= 4 is 53.1 Å². The lowest BCUT2D eigenvalue weighted by atomic mass is 10.3. The van der Waals surface area contributed by atoms with Crippen LogP contribution in [0.25, 0.3) is 0 Å². The van der Waals surface area contributed by atoms with Gasteiger partial charge in [-0.2, -0.15) is 0 Å². The number of aryl methyl sites for hydroxylation is 3. The molecule has 0 radical (unpaired) electrons. The van der Waals surface area contributed by atoms with Crippen molar-refractivity contribution in [2.45, 2.75) is 6.42 Å². The van der Waals surface area contributed by atoms with Crippen molar-refractivity contribution in [1.29, 1.82) is 0 Å². The summed E-state index contributed by atoms with van der Waals surface area (Å²) in [6.45, 7) is 0.119.